The zero-order valence-corrected chi connectivity index (χ0v) is 12.5. The first-order valence-electron chi connectivity index (χ1n) is 5.47. The van der Waals surface area contributed by atoms with Crippen LogP contribution in [0.5, 0.6) is 0 Å². The van der Waals surface area contributed by atoms with Gasteiger partial charge in [-0.25, -0.2) is 9.37 Å². The smallest absolute Gasteiger partial charge is 0.258 e. The molecule has 2 aromatic rings. The fraction of sp³-hybridized carbons (Fsp3) is 0.0769. The van der Waals surface area contributed by atoms with Gasteiger partial charge in [0.1, 0.15) is 0 Å². The van der Waals surface area contributed by atoms with Crippen molar-refractivity contribution >= 4 is 39.1 Å². The molecular formula is C13H8BrClF2N2O. The van der Waals surface area contributed by atoms with Crippen molar-refractivity contribution in [3.8, 4) is 0 Å². The molecule has 0 bridgehead atoms. The quantitative estimate of drug-likeness (QED) is 0.809. The highest BCUT2D eigenvalue weighted by atomic mass is 79.9. The van der Waals surface area contributed by atoms with E-state index < -0.39 is 23.2 Å². The van der Waals surface area contributed by atoms with Crippen molar-refractivity contribution in [2.45, 2.75) is 6.92 Å². The second-order valence-electron chi connectivity index (χ2n) is 4.00. The third kappa shape index (κ3) is 2.96. The minimum Gasteiger partial charge on any atom is -0.321 e. The van der Waals surface area contributed by atoms with Gasteiger partial charge in [0.05, 0.1) is 11.3 Å². The lowest BCUT2D eigenvalue weighted by Gasteiger charge is -2.10. The molecule has 1 N–H and O–H groups in total. The molecule has 2 rings (SSSR count). The van der Waals surface area contributed by atoms with Crippen molar-refractivity contribution in [1.29, 1.82) is 0 Å². The number of pyridine rings is 1. The first kappa shape index (κ1) is 14.9. The maximum Gasteiger partial charge on any atom is 0.258 e. The number of carbonyl (C=O) groups excluding carboxylic acids is 1. The summed E-state index contributed by atoms with van der Waals surface area (Å²) in [6, 6.07) is 4.33. The number of carbonyl (C=O) groups is 1. The Morgan fingerprint density at radius 1 is 1.40 bits per heavy atom. The Bertz CT molecular complexity index is 694. The number of nitrogens with zero attached hydrogens (tertiary/aromatic N) is 1. The lowest BCUT2D eigenvalue weighted by atomic mass is 10.2. The SMILES string of the molecule is Cc1cc(Br)c(NC(=O)c2ccnc(F)c2F)cc1Cl. The summed E-state index contributed by atoms with van der Waals surface area (Å²) in [7, 11) is 0. The normalized spacial score (nSPS) is 10.4. The lowest BCUT2D eigenvalue weighted by molar-refractivity contribution is 0.102. The zero-order chi connectivity index (χ0) is 14.9. The molecule has 1 amide bonds. The summed E-state index contributed by atoms with van der Waals surface area (Å²) >= 11 is 9.22. The van der Waals surface area contributed by atoms with E-state index in [-0.39, 0.29) is 0 Å². The predicted octanol–water partition coefficient (Wildman–Crippen LogP) is 4.34. The zero-order valence-electron chi connectivity index (χ0n) is 10.2. The van der Waals surface area contributed by atoms with Gasteiger partial charge in [-0.2, -0.15) is 4.39 Å². The highest BCUT2D eigenvalue weighted by molar-refractivity contribution is 9.10. The average Bonchev–Trinajstić information content (AvgIpc) is 2.39. The van der Waals surface area contributed by atoms with Gasteiger partial charge in [0.25, 0.3) is 5.91 Å². The van der Waals surface area contributed by atoms with Crippen molar-refractivity contribution in [2.75, 3.05) is 5.32 Å². The van der Waals surface area contributed by atoms with Gasteiger partial charge < -0.3 is 5.32 Å². The molecule has 0 spiro atoms. The number of rotatable bonds is 2. The lowest BCUT2D eigenvalue weighted by Crippen LogP contribution is -2.15. The van der Waals surface area contributed by atoms with E-state index in [9.17, 15) is 13.6 Å². The van der Waals surface area contributed by atoms with Gasteiger partial charge >= 0.3 is 0 Å². The van der Waals surface area contributed by atoms with E-state index in [2.05, 4.69) is 26.2 Å². The first-order valence-corrected chi connectivity index (χ1v) is 6.64. The van der Waals surface area contributed by atoms with Crippen LogP contribution in [-0.4, -0.2) is 10.9 Å². The topological polar surface area (TPSA) is 42.0 Å². The number of nitrogens with one attached hydrogen (secondary N) is 1. The maximum absolute atomic E-state index is 13.5. The van der Waals surface area contributed by atoms with Gasteiger partial charge in [-0.05, 0) is 46.6 Å². The third-order valence-electron chi connectivity index (χ3n) is 2.59. The predicted molar refractivity (Wildman–Crippen MR) is 76.0 cm³/mol. The van der Waals surface area contributed by atoms with Crippen LogP contribution in [-0.2, 0) is 0 Å². The molecule has 0 radical (unpaired) electrons. The molecular weight excluding hydrogens is 354 g/mol. The highest BCUT2D eigenvalue weighted by Crippen LogP contribution is 2.29. The van der Waals surface area contributed by atoms with Crippen molar-refractivity contribution in [1.82, 2.24) is 4.98 Å². The molecule has 0 atom stereocenters. The fourth-order valence-electron chi connectivity index (χ4n) is 1.53. The number of anilines is 1. The van der Waals surface area contributed by atoms with Crippen molar-refractivity contribution in [3.63, 3.8) is 0 Å². The Labute approximate surface area is 127 Å². The first-order chi connectivity index (χ1) is 9.40. The van der Waals surface area contributed by atoms with Crippen LogP contribution in [0.1, 0.15) is 15.9 Å². The van der Waals surface area contributed by atoms with Gasteiger partial charge in [0, 0.05) is 15.7 Å². The molecule has 20 heavy (non-hydrogen) atoms. The average molecular weight is 362 g/mol. The van der Waals surface area contributed by atoms with Crippen LogP contribution < -0.4 is 5.32 Å². The summed E-state index contributed by atoms with van der Waals surface area (Å²) in [4.78, 5) is 15.0. The monoisotopic (exact) mass is 360 g/mol. The third-order valence-corrected chi connectivity index (χ3v) is 3.65. The van der Waals surface area contributed by atoms with Crippen LogP contribution in [0.3, 0.4) is 0 Å². The minimum absolute atomic E-state index is 0.363. The van der Waals surface area contributed by atoms with E-state index >= 15 is 0 Å². The van der Waals surface area contributed by atoms with Gasteiger partial charge in [0.2, 0.25) is 5.95 Å². The number of amides is 1. The Morgan fingerprint density at radius 3 is 2.80 bits per heavy atom. The molecule has 104 valence electrons. The van der Waals surface area contributed by atoms with E-state index in [0.717, 1.165) is 17.8 Å². The van der Waals surface area contributed by atoms with E-state index in [0.29, 0.717) is 15.2 Å². The summed E-state index contributed by atoms with van der Waals surface area (Å²) in [6.45, 7) is 1.80. The second-order valence-corrected chi connectivity index (χ2v) is 5.26. The molecule has 0 fully saturated rings. The Hall–Kier alpha value is -1.53. The summed E-state index contributed by atoms with van der Waals surface area (Å²) in [5, 5.41) is 2.91. The molecule has 1 aromatic carbocycles. The second kappa shape index (κ2) is 5.85. The van der Waals surface area contributed by atoms with E-state index in [1.54, 1.807) is 13.0 Å². The van der Waals surface area contributed by atoms with Gasteiger partial charge in [-0.3, -0.25) is 4.79 Å². The largest absolute Gasteiger partial charge is 0.321 e. The summed E-state index contributed by atoms with van der Waals surface area (Å²) in [5.74, 6) is -3.40. The van der Waals surface area contributed by atoms with E-state index in [4.69, 9.17) is 11.6 Å². The standard InChI is InChI=1S/C13H8BrClF2N2O/c1-6-4-8(14)10(5-9(6)15)19-13(20)7-2-3-18-12(17)11(7)16/h2-5H,1H3,(H,19,20). The van der Waals surface area contributed by atoms with Crippen molar-refractivity contribution in [3.05, 3.63) is 56.8 Å². The summed E-state index contributed by atoms with van der Waals surface area (Å²) in [5.41, 5.74) is 0.751. The summed E-state index contributed by atoms with van der Waals surface area (Å²) in [6.07, 6.45) is 1.02. The molecule has 1 aromatic heterocycles. The van der Waals surface area contributed by atoms with Crippen LogP contribution in [0.25, 0.3) is 0 Å². The van der Waals surface area contributed by atoms with Crippen molar-refractivity contribution < 1.29 is 13.6 Å². The highest BCUT2D eigenvalue weighted by Gasteiger charge is 2.17. The number of hydrogen-bond donors (Lipinski definition) is 1. The molecule has 1 heterocycles. The Balaban J connectivity index is 2.33. The molecule has 0 aliphatic carbocycles. The molecule has 7 heteroatoms. The van der Waals surface area contributed by atoms with Crippen LogP contribution in [0.4, 0.5) is 14.5 Å². The minimum atomic E-state index is -1.32. The fourth-order valence-corrected chi connectivity index (χ4v) is 2.25. The van der Waals surface area contributed by atoms with Gasteiger partial charge in [-0.15, -0.1) is 0 Å². The van der Waals surface area contributed by atoms with Crippen molar-refractivity contribution in [2.24, 2.45) is 0 Å². The molecule has 0 saturated carbocycles. The maximum atomic E-state index is 13.5. The number of aryl methyl sites for hydroxylation is 1. The van der Waals surface area contributed by atoms with Crippen LogP contribution in [0.2, 0.25) is 5.02 Å². The molecule has 0 saturated heterocycles. The van der Waals surface area contributed by atoms with Gasteiger partial charge in [0.15, 0.2) is 5.82 Å². The van der Waals surface area contributed by atoms with E-state index in [1.807, 2.05) is 0 Å². The molecule has 0 aliphatic rings. The van der Waals surface area contributed by atoms with Crippen LogP contribution in [0.15, 0.2) is 28.9 Å². The Morgan fingerprint density at radius 2 is 2.10 bits per heavy atom. The number of halogens is 4. The molecule has 3 nitrogen and oxygen atoms in total. The van der Waals surface area contributed by atoms with Crippen LogP contribution >= 0.6 is 27.5 Å². The van der Waals surface area contributed by atoms with Crippen LogP contribution in [0, 0.1) is 18.7 Å². The van der Waals surface area contributed by atoms with E-state index in [1.165, 1.54) is 6.07 Å². The summed E-state index contributed by atoms with van der Waals surface area (Å²) < 4.78 is 27.0. The Kier molecular flexibility index (Phi) is 4.35. The number of benzene rings is 1. The molecule has 0 unspecified atom stereocenters. The molecule has 0 aliphatic heterocycles. The number of hydrogen-bond acceptors (Lipinski definition) is 2. The van der Waals surface area contributed by atoms with Gasteiger partial charge in [-0.1, -0.05) is 11.6 Å². The number of aromatic nitrogens is 1.